The van der Waals surface area contributed by atoms with E-state index in [1.165, 1.54) is 10.4 Å². The van der Waals surface area contributed by atoms with Crippen LogP contribution in [0.15, 0.2) is 17.5 Å². The minimum Gasteiger partial charge on any atom is -0.384 e. The number of thiophene rings is 1. The Hall–Kier alpha value is -1.66. The van der Waals surface area contributed by atoms with E-state index in [1.807, 2.05) is 17.4 Å². The maximum absolute atomic E-state index is 5.89. The van der Waals surface area contributed by atoms with Crippen LogP contribution in [0.2, 0.25) is 0 Å². The van der Waals surface area contributed by atoms with Crippen LogP contribution in [0.5, 0.6) is 0 Å². The van der Waals surface area contributed by atoms with Crippen molar-refractivity contribution in [2.24, 2.45) is 0 Å². The zero-order chi connectivity index (χ0) is 14.1. The topological polar surface area (TPSA) is 64.3 Å². The van der Waals surface area contributed by atoms with Crippen molar-refractivity contribution in [3.05, 3.63) is 33.8 Å². The summed E-state index contributed by atoms with van der Waals surface area (Å²) in [5.74, 6) is 2.00. The lowest BCUT2D eigenvalue weighted by atomic mass is 10.0. The first-order chi connectivity index (χ1) is 9.69. The van der Waals surface area contributed by atoms with Gasteiger partial charge in [-0.05, 0) is 30.4 Å². The molecule has 3 rings (SSSR count). The molecule has 3 heterocycles. The average molecular weight is 290 g/mol. The standard InChI is InChI=1S/C14H18N4OS/c1-9-10-4-6-20-11(10)3-5-18(9)14-7-12(15)16-13(17-14)8-19-2/h4,6-7,9H,3,5,8H2,1-2H3,(H2,15,16,17). The fourth-order valence-electron chi connectivity index (χ4n) is 2.67. The molecular weight excluding hydrogens is 272 g/mol. The summed E-state index contributed by atoms with van der Waals surface area (Å²) in [4.78, 5) is 12.5. The molecule has 20 heavy (non-hydrogen) atoms. The summed E-state index contributed by atoms with van der Waals surface area (Å²) in [5, 5.41) is 2.16. The molecule has 0 radical (unpaired) electrons. The Balaban J connectivity index is 1.93. The van der Waals surface area contributed by atoms with Crippen LogP contribution >= 0.6 is 11.3 Å². The molecule has 106 valence electrons. The van der Waals surface area contributed by atoms with E-state index in [1.54, 1.807) is 7.11 Å². The van der Waals surface area contributed by atoms with E-state index in [-0.39, 0.29) is 0 Å². The molecule has 0 amide bonds. The van der Waals surface area contributed by atoms with Crippen molar-refractivity contribution in [1.82, 2.24) is 9.97 Å². The van der Waals surface area contributed by atoms with E-state index in [0.717, 1.165) is 18.8 Å². The minimum absolute atomic E-state index is 0.315. The highest BCUT2D eigenvalue weighted by Crippen LogP contribution is 2.35. The van der Waals surface area contributed by atoms with Gasteiger partial charge in [-0.3, -0.25) is 0 Å². The predicted molar refractivity (Wildman–Crippen MR) is 80.9 cm³/mol. The summed E-state index contributed by atoms with van der Waals surface area (Å²) in [7, 11) is 1.63. The maximum atomic E-state index is 5.89. The second kappa shape index (κ2) is 5.38. The Bertz CT molecular complexity index is 613. The summed E-state index contributed by atoms with van der Waals surface area (Å²) >= 11 is 1.84. The second-order valence-electron chi connectivity index (χ2n) is 4.92. The molecule has 2 aromatic rings. The molecule has 1 unspecified atom stereocenters. The zero-order valence-electron chi connectivity index (χ0n) is 11.7. The van der Waals surface area contributed by atoms with Crippen molar-refractivity contribution in [3.8, 4) is 0 Å². The van der Waals surface area contributed by atoms with Crippen LogP contribution in [0.4, 0.5) is 11.6 Å². The molecule has 2 N–H and O–H groups in total. The zero-order valence-corrected chi connectivity index (χ0v) is 12.5. The number of nitrogens with two attached hydrogens (primary N) is 1. The van der Waals surface area contributed by atoms with Crippen molar-refractivity contribution >= 4 is 23.0 Å². The predicted octanol–water partition coefficient (Wildman–Crippen LogP) is 2.39. The normalized spacial score (nSPS) is 18.1. The van der Waals surface area contributed by atoms with Crippen molar-refractivity contribution in [1.29, 1.82) is 0 Å². The van der Waals surface area contributed by atoms with Crippen LogP contribution in [0.3, 0.4) is 0 Å². The third kappa shape index (κ3) is 2.36. The van der Waals surface area contributed by atoms with Crippen LogP contribution in [0.25, 0.3) is 0 Å². The average Bonchev–Trinajstić information content (AvgIpc) is 2.88. The van der Waals surface area contributed by atoms with Gasteiger partial charge < -0.3 is 15.4 Å². The molecule has 0 aromatic carbocycles. The van der Waals surface area contributed by atoms with E-state index in [9.17, 15) is 0 Å². The van der Waals surface area contributed by atoms with Gasteiger partial charge in [-0.2, -0.15) is 0 Å². The van der Waals surface area contributed by atoms with Gasteiger partial charge in [-0.25, -0.2) is 9.97 Å². The highest BCUT2D eigenvalue weighted by atomic mass is 32.1. The first-order valence-electron chi connectivity index (χ1n) is 6.64. The monoisotopic (exact) mass is 290 g/mol. The summed E-state index contributed by atoms with van der Waals surface area (Å²) in [6.07, 6.45) is 1.06. The van der Waals surface area contributed by atoms with Gasteiger partial charge in [0.05, 0.1) is 6.04 Å². The third-order valence-electron chi connectivity index (χ3n) is 3.62. The molecule has 0 aliphatic carbocycles. The molecule has 0 spiro atoms. The summed E-state index contributed by atoms with van der Waals surface area (Å²) < 4.78 is 5.10. The molecule has 5 nitrogen and oxygen atoms in total. The fourth-order valence-corrected chi connectivity index (χ4v) is 3.63. The number of aromatic nitrogens is 2. The van der Waals surface area contributed by atoms with Gasteiger partial charge in [-0.15, -0.1) is 11.3 Å². The summed E-state index contributed by atoms with van der Waals surface area (Å²) in [6.45, 7) is 3.54. The molecule has 1 aliphatic rings. The number of hydrogen-bond donors (Lipinski definition) is 1. The fraction of sp³-hybridized carbons (Fsp3) is 0.429. The third-order valence-corrected chi connectivity index (χ3v) is 4.62. The van der Waals surface area contributed by atoms with Gasteiger partial charge in [0.25, 0.3) is 0 Å². The molecule has 0 saturated carbocycles. The smallest absolute Gasteiger partial charge is 0.158 e. The van der Waals surface area contributed by atoms with Crippen LogP contribution in [-0.4, -0.2) is 23.6 Å². The van der Waals surface area contributed by atoms with Gasteiger partial charge in [0, 0.05) is 24.6 Å². The quantitative estimate of drug-likeness (QED) is 0.940. The van der Waals surface area contributed by atoms with E-state index in [2.05, 4.69) is 33.2 Å². The van der Waals surface area contributed by atoms with E-state index in [4.69, 9.17) is 10.5 Å². The largest absolute Gasteiger partial charge is 0.384 e. The Kier molecular flexibility index (Phi) is 3.58. The molecule has 0 bridgehead atoms. The lowest BCUT2D eigenvalue weighted by molar-refractivity contribution is 0.178. The first-order valence-corrected chi connectivity index (χ1v) is 7.52. The van der Waals surface area contributed by atoms with Gasteiger partial charge in [0.15, 0.2) is 5.82 Å². The van der Waals surface area contributed by atoms with Crippen LogP contribution < -0.4 is 10.6 Å². The van der Waals surface area contributed by atoms with Crippen molar-refractivity contribution in [3.63, 3.8) is 0 Å². The number of nitrogen functional groups attached to an aromatic ring is 1. The Morgan fingerprint density at radius 2 is 2.35 bits per heavy atom. The van der Waals surface area contributed by atoms with Crippen molar-refractivity contribution < 1.29 is 4.74 Å². The van der Waals surface area contributed by atoms with Crippen LogP contribution in [-0.2, 0) is 17.8 Å². The first kappa shape index (κ1) is 13.3. The molecule has 2 aromatic heterocycles. The number of fused-ring (bicyclic) bond motifs is 1. The summed E-state index contributed by atoms with van der Waals surface area (Å²) in [5.41, 5.74) is 7.28. The Morgan fingerprint density at radius 3 is 3.15 bits per heavy atom. The highest BCUT2D eigenvalue weighted by Gasteiger charge is 2.26. The molecule has 0 saturated heterocycles. The molecular formula is C14H18N4OS. The SMILES string of the molecule is COCc1nc(N)cc(N2CCc3sccc3C2C)n1. The molecule has 6 heteroatoms. The van der Waals surface area contributed by atoms with Gasteiger partial charge >= 0.3 is 0 Å². The number of methoxy groups -OCH3 is 1. The second-order valence-corrected chi connectivity index (χ2v) is 5.92. The summed E-state index contributed by atoms with van der Waals surface area (Å²) in [6, 6.07) is 4.36. The van der Waals surface area contributed by atoms with Gasteiger partial charge in [0.2, 0.25) is 0 Å². The number of ether oxygens (including phenoxy) is 1. The van der Waals surface area contributed by atoms with E-state index in [0.29, 0.717) is 24.3 Å². The maximum Gasteiger partial charge on any atom is 0.158 e. The molecule has 0 fully saturated rings. The number of anilines is 2. The lowest BCUT2D eigenvalue weighted by Crippen LogP contribution is -2.34. The number of hydrogen-bond acceptors (Lipinski definition) is 6. The molecule has 1 aliphatic heterocycles. The molecule has 1 atom stereocenters. The highest BCUT2D eigenvalue weighted by molar-refractivity contribution is 7.10. The minimum atomic E-state index is 0.315. The van der Waals surface area contributed by atoms with E-state index < -0.39 is 0 Å². The van der Waals surface area contributed by atoms with Gasteiger partial charge in [0.1, 0.15) is 18.2 Å². The Labute approximate surface area is 122 Å². The van der Waals surface area contributed by atoms with Crippen LogP contribution in [0.1, 0.15) is 29.2 Å². The lowest BCUT2D eigenvalue weighted by Gasteiger charge is -2.34. The van der Waals surface area contributed by atoms with Gasteiger partial charge in [-0.1, -0.05) is 0 Å². The Morgan fingerprint density at radius 1 is 1.50 bits per heavy atom. The van der Waals surface area contributed by atoms with Crippen LogP contribution in [0, 0.1) is 0 Å². The number of rotatable bonds is 3. The number of nitrogens with zero attached hydrogens (tertiary/aromatic N) is 3. The van der Waals surface area contributed by atoms with Crippen molar-refractivity contribution in [2.75, 3.05) is 24.3 Å². The van der Waals surface area contributed by atoms with E-state index >= 15 is 0 Å². The van der Waals surface area contributed by atoms with Crippen molar-refractivity contribution in [2.45, 2.75) is 26.0 Å².